The predicted molar refractivity (Wildman–Crippen MR) is 105 cm³/mol. The van der Waals surface area contributed by atoms with Gasteiger partial charge in [-0.25, -0.2) is 0 Å². The molecule has 0 radical (unpaired) electrons. The highest BCUT2D eigenvalue weighted by Gasteiger charge is 2.59. The number of carbonyl (C=O) groups excluding carboxylic acids is 3. The summed E-state index contributed by atoms with van der Waals surface area (Å²) in [7, 11) is 3.02. The van der Waals surface area contributed by atoms with Crippen LogP contribution in [0.25, 0.3) is 0 Å². The van der Waals surface area contributed by atoms with Crippen LogP contribution in [0.1, 0.15) is 23.2 Å². The fraction of sp³-hybridized carbons (Fsp3) is 0.250. The van der Waals surface area contributed by atoms with Gasteiger partial charge in [-0.15, -0.1) is 0 Å². The summed E-state index contributed by atoms with van der Waals surface area (Å²) in [5.41, 5.74) is -0.241. The highest BCUT2D eigenvalue weighted by atomic mass is 35.5. The van der Waals surface area contributed by atoms with E-state index in [0.717, 1.165) is 0 Å². The van der Waals surface area contributed by atoms with Gasteiger partial charge in [0.15, 0.2) is 0 Å². The number of benzene rings is 2. The van der Waals surface area contributed by atoms with Crippen molar-refractivity contribution in [3.05, 3.63) is 53.1 Å². The van der Waals surface area contributed by atoms with Crippen LogP contribution in [0, 0.1) is 0 Å². The molecule has 0 spiro atoms. The molecule has 1 saturated heterocycles. The molecule has 8 heteroatoms. The minimum Gasteiger partial charge on any atom is -0.495 e. The lowest BCUT2D eigenvalue weighted by Crippen LogP contribution is -2.68. The van der Waals surface area contributed by atoms with Crippen molar-refractivity contribution in [2.24, 2.45) is 0 Å². The minimum atomic E-state index is -1.45. The Hall–Kier alpha value is -3.06. The fourth-order valence-electron chi connectivity index (χ4n) is 3.93. The first-order valence-corrected chi connectivity index (χ1v) is 9.13. The summed E-state index contributed by atoms with van der Waals surface area (Å²) >= 11 is 6.06. The van der Waals surface area contributed by atoms with Gasteiger partial charge in [0.1, 0.15) is 5.75 Å². The summed E-state index contributed by atoms with van der Waals surface area (Å²) in [6.07, 6.45) is 0.350. The molecule has 2 heterocycles. The number of nitrogens with one attached hydrogen (secondary N) is 1. The molecule has 144 valence electrons. The molecule has 2 aromatic carbocycles. The standard InChI is InChI=1S/C20H18ClN3O4/c1-23-18(26)13-5-3-4-6-15(13)24-17(25)9-10-20(23,24)19(27)22-14-11-12(21)7-8-16(14)28-2/h3-8,11H,9-10H2,1-2H3,(H,22,27)/t20-/m0/s1. The van der Waals surface area contributed by atoms with Crippen LogP contribution in [0.5, 0.6) is 5.75 Å². The summed E-state index contributed by atoms with van der Waals surface area (Å²) in [5, 5.41) is 3.22. The minimum absolute atomic E-state index is 0.159. The lowest BCUT2D eigenvalue weighted by Gasteiger charge is -2.47. The van der Waals surface area contributed by atoms with Crippen LogP contribution in [-0.4, -0.2) is 42.4 Å². The van der Waals surface area contributed by atoms with Crippen molar-refractivity contribution in [1.29, 1.82) is 0 Å². The van der Waals surface area contributed by atoms with Gasteiger partial charge >= 0.3 is 0 Å². The molecule has 1 atom stereocenters. The molecular formula is C20H18ClN3O4. The molecule has 4 rings (SSSR count). The van der Waals surface area contributed by atoms with Crippen molar-refractivity contribution in [1.82, 2.24) is 4.90 Å². The van der Waals surface area contributed by atoms with Gasteiger partial charge in [-0.2, -0.15) is 0 Å². The molecule has 0 saturated carbocycles. The largest absolute Gasteiger partial charge is 0.495 e. The van der Waals surface area contributed by atoms with E-state index in [-0.39, 0.29) is 24.7 Å². The zero-order valence-electron chi connectivity index (χ0n) is 15.4. The van der Waals surface area contributed by atoms with E-state index >= 15 is 0 Å². The molecule has 3 amide bonds. The Morgan fingerprint density at radius 3 is 2.71 bits per heavy atom. The van der Waals surface area contributed by atoms with Crippen molar-refractivity contribution in [2.75, 3.05) is 24.4 Å². The van der Waals surface area contributed by atoms with Gasteiger partial charge in [-0.1, -0.05) is 23.7 Å². The second-order valence-electron chi connectivity index (χ2n) is 6.73. The predicted octanol–water partition coefficient (Wildman–Crippen LogP) is 2.90. The first-order valence-electron chi connectivity index (χ1n) is 8.75. The first-order chi connectivity index (χ1) is 13.4. The molecule has 0 aliphatic carbocycles. The van der Waals surface area contributed by atoms with E-state index in [4.69, 9.17) is 16.3 Å². The van der Waals surface area contributed by atoms with Gasteiger partial charge in [0.25, 0.3) is 11.8 Å². The van der Waals surface area contributed by atoms with E-state index in [9.17, 15) is 14.4 Å². The van der Waals surface area contributed by atoms with Crippen molar-refractivity contribution in [2.45, 2.75) is 18.5 Å². The lowest BCUT2D eigenvalue weighted by molar-refractivity contribution is -0.128. The maximum absolute atomic E-state index is 13.5. The van der Waals surface area contributed by atoms with E-state index in [0.29, 0.717) is 27.7 Å². The number of fused-ring (bicyclic) bond motifs is 3. The van der Waals surface area contributed by atoms with Crippen molar-refractivity contribution in [3.63, 3.8) is 0 Å². The van der Waals surface area contributed by atoms with Gasteiger partial charge in [0.2, 0.25) is 11.6 Å². The molecule has 2 aromatic rings. The summed E-state index contributed by atoms with van der Waals surface area (Å²) in [5.74, 6) is -0.589. The number of amides is 3. The Morgan fingerprint density at radius 1 is 1.21 bits per heavy atom. The maximum Gasteiger partial charge on any atom is 0.271 e. The number of likely N-dealkylation sites (N-methyl/N-ethyl adjacent to an activating group) is 1. The summed E-state index contributed by atoms with van der Waals surface area (Å²) < 4.78 is 5.29. The van der Waals surface area contributed by atoms with Crippen LogP contribution < -0.4 is 15.0 Å². The number of ether oxygens (including phenoxy) is 1. The zero-order valence-corrected chi connectivity index (χ0v) is 16.1. The number of methoxy groups -OCH3 is 1. The van der Waals surface area contributed by atoms with Gasteiger partial charge in [0.05, 0.1) is 24.0 Å². The number of hydrogen-bond donors (Lipinski definition) is 1. The molecule has 28 heavy (non-hydrogen) atoms. The van der Waals surface area contributed by atoms with E-state index in [2.05, 4.69) is 5.32 Å². The quantitative estimate of drug-likeness (QED) is 0.860. The van der Waals surface area contributed by atoms with E-state index in [1.54, 1.807) is 49.5 Å². The average molecular weight is 400 g/mol. The molecule has 1 fully saturated rings. The summed E-state index contributed by atoms with van der Waals surface area (Å²) in [6, 6.07) is 11.7. The van der Waals surface area contributed by atoms with Crippen LogP contribution in [0.15, 0.2) is 42.5 Å². The van der Waals surface area contributed by atoms with Gasteiger partial charge in [-0.3, -0.25) is 19.3 Å². The van der Waals surface area contributed by atoms with Gasteiger partial charge < -0.3 is 15.0 Å². The fourth-order valence-corrected chi connectivity index (χ4v) is 4.10. The van der Waals surface area contributed by atoms with Crippen LogP contribution >= 0.6 is 11.6 Å². The summed E-state index contributed by atoms with van der Waals surface area (Å²) in [4.78, 5) is 41.9. The number of halogens is 1. The molecule has 2 aliphatic rings. The van der Waals surface area contributed by atoms with Gasteiger partial charge in [0, 0.05) is 24.9 Å². The highest BCUT2D eigenvalue weighted by molar-refractivity contribution is 6.31. The number of hydrogen-bond acceptors (Lipinski definition) is 4. The van der Waals surface area contributed by atoms with E-state index < -0.39 is 11.6 Å². The average Bonchev–Trinajstić information content (AvgIpc) is 3.05. The summed E-state index contributed by atoms with van der Waals surface area (Å²) in [6.45, 7) is 0. The Kier molecular flexibility index (Phi) is 4.27. The van der Waals surface area contributed by atoms with Crippen molar-refractivity contribution < 1.29 is 19.1 Å². The topological polar surface area (TPSA) is 79.0 Å². The number of carbonyl (C=O) groups is 3. The monoisotopic (exact) mass is 399 g/mol. The number of rotatable bonds is 3. The molecule has 2 aliphatic heterocycles. The number of anilines is 2. The van der Waals surface area contributed by atoms with E-state index in [1.165, 1.54) is 16.9 Å². The third-order valence-corrected chi connectivity index (χ3v) is 5.55. The van der Waals surface area contributed by atoms with Crippen LogP contribution in [0.4, 0.5) is 11.4 Å². The van der Waals surface area contributed by atoms with E-state index in [1.807, 2.05) is 0 Å². The Bertz CT molecular complexity index is 1010. The molecular weight excluding hydrogens is 382 g/mol. The normalized spacial score (nSPS) is 20.7. The molecule has 0 bridgehead atoms. The third-order valence-electron chi connectivity index (χ3n) is 5.32. The van der Waals surface area contributed by atoms with Gasteiger partial charge in [-0.05, 0) is 30.3 Å². The molecule has 1 N–H and O–H groups in total. The van der Waals surface area contributed by atoms with Crippen molar-refractivity contribution in [3.8, 4) is 5.75 Å². The maximum atomic E-state index is 13.5. The zero-order chi connectivity index (χ0) is 20.1. The number of para-hydroxylation sites is 1. The van der Waals surface area contributed by atoms with Crippen LogP contribution in [0.3, 0.4) is 0 Å². The Balaban J connectivity index is 1.81. The second kappa shape index (κ2) is 6.53. The van der Waals surface area contributed by atoms with Crippen LogP contribution in [-0.2, 0) is 9.59 Å². The highest BCUT2D eigenvalue weighted by Crippen LogP contribution is 2.44. The SMILES string of the molecule is COc1ccc(Cl)cc1NC(=O)[C@]12CCC(=O)N1c1ccccc1C(=O)N2C. The smallest absolute Gasteiger partial charge is 0.271 e. The van der Waals surface area contributed by atoms with Crippen LogP contribution in [0.2, 0.25) is 5.02 Å². The third kappa shape index (κ3) is 2.46. The first kappa shape index (κ1) is 18.3. The lowest BCUT2D eigenvalue weighted by atomic mass is 9.96. The number of nitrogens with zero attached hydrogens (tertiary/aromatic N) is 2. The molecule has 7 nitrogen and oxygen atoms in total. The Labute approximate surface area is 166 Å². The molecule has 0 aromatic heterocycles. The molecule has 0 unspecified atom stereocenters. The Morgan fingerprint density at radius 2 is 1.96 bits per heavy atom. The van der Waals surface area contributed by atoms with Crippen molar-refractivity contribution >= 4 is 40.7 Å². The second-order valence-corrected chi connectivity index (χ2v) is 7.16.